The van der Waals surface area contributed by atoms with Crippen molar-refractivity contribution < 1.29 is 14.7 Å². The molecule has 1 fully saturated rings. The Hall–Kier alpha value is -2.12. The summed E-state index contributed by atoms with van der Waals surface area (Å²) in [4.78, 5) is 23.5. The quantitative estimate of drug-likeness (QED) is 0.570. The van der Waals surface area contributed by atoms with Crippen LogP contribution >= 0.6 is 0 Å². The Labute approximate surface area is 129 Å². The standard InChI is InChI=1S/C15H22N4O3/c1-9(2)17-15(22)19-11-5-3-10(4-6-11)18-14(21)13-7-12(20)8-16-13/h3-6,9,12-13,16,20H,7-8H2,1-2H3,(H,18,21)(H2,17,19,22). The van der Waals surface area contributed by atoms with Gasteiger partial charge in [0.05, 0.1) is 12.1 Å². The molecule has 5 N–H and O–H groups in total. The Morgan fingerprint density at radius 2 is 1.77 bits per heavy atom. The number of β-amino-alcohol motifs (C(OH)–C–C–N with tert-alkyl or cyclic N) is 1. The molecule has 120 valence electrons. The zero-order valence-electron chi connectivity index (χ0n) is 12.7. The van der Waals surface area contributed by atoms with Crippen molar-refractivity contribution in [2.24, 2.45) is 0 Å². The van der Waals surface area contributed by atoms with Crippen LogP contribution in [0.4, 0.5) is 16.2 Å². The number of anilines is 2. The van der Waals surface area contributed by atoms with E-state index in [1.807, 2.05) is 13.8 Å². The monoisotopic (exact) mass is 306 g/mol. The summed E-state index contributed by atoms with van der Waals surface area (Å²) in [7, 11) is 0. The van der Waals surface area contributed by atoms with Crippen molar-refractivity contribution >= 4 is 23.3 Å². The van der Waals surface area contributed by atoms with Crippen LogP contribution in [-0.2, 0) is 4.79 Å². The van der Waals surface area contributed by atoms with Crippen molar-refractivity contribution in [3.05, 3.63) is 24.3 Å². The number of hydrogen-bond donors (Lipinski definition) is 5. The second-order valence-corrected chi connectivity index (χ2v) is 5.67. The minimum atomic E-state index is -0.471. The van der Waals surface area contributed by atoms with Gasteiger partial charge in [0.15, 0.2) is 0 Å². The first-order valence-electron chi connectivity index (χ1n) is 7.34. The van der Waals surface area contributed by atoms with Gasteiger partial charge in [-0.05, 0) is 44.5 Å². The normalized spacial score (nSPS) is 20.7. The first-order chi connectivity index (χ1) is 10.4. The fourth-order valence-corrected chi connectivity index (χ4v) is 2.21. The Balaban J connectivity index is 1.86. The van der Waals surface area contributed by atoms with Crippen LogP contribution in [0.25, 0.3) is 0 Å². The number of carbonyl (C=O) groups excluding carboxylic acids is 2. The second kappa shape index (κ2) is 7.24. The smallest absolute Gasteiger partial charge is 0.319 e. The van der Waals surface area contributed by atoms with E-state index in [1.54, 1.807) is 24.3 Å². The summed E-state index contributed by atoms with van der Waals surface area (Å²) >= 11 is 0. The molecule has 2 rings (SSSR count). The van der Waals surface area contributed by atoms with E-state index in [-0.39, 0.29) is 24.0 Å². The molecule has 1 aliphatic heterocycles. The molecule has 3 amide bonds. The van der Waals surface area contributed by atoms with Gasteiger partial charge in [-0.15, -0.1) is 0 Å². The summed E-state index contributed by atoms with van der Waals surface area (Å²) in [5, 5.41) is 20.6. The summed E-state index contributed by atoms with van der Waals surface area (Å²) in [6.45, 7) is 4.20. The van der Waals surface area contributed by atoms with Crippen LogP contribution in [0.15, 0.2) is 24.3 Å². The molecule has 1 saturated heterocycles. The third kappa shape index (κ3) is 4.71. The third-order valence-electron chi connectivity index (χ3n) is 3.25. The van der Waals surface area contributed by atoms with E-state index >= 15 is 0 Å². The lowest BCUT2D eigenvalue weighted by Crippen LogP contribution is -2.35. The van der Waals surface area contributed by atoms with E-state index in [2.05, 4.69) is 21.3 Å². The molecule has 22 heavy (non-hydrogen) atoms. The molecule has 1 aliphatic rings. The van der Waals surface area contributed by atoms with Crippen LogP contribution < -0.4 is 21.3 Å². The Morgan fingerprint density at radius 1 is 1.18 bits per heavy atom. The highest BCUT2D eigenvalue weighted by Crippen LogP contribution is 2.15. The second-order valence-electron chi connectivity index (χ2n) is 5.67. The molecule has 0 aliphatic carbocycles. The molecule has 1 heterocycles. The molecule has 2 unspecified atom stereocenters. The number of nitrogens with one attached hydrogen (secondary N) is 4. The topological polar surface area (TPSA) is 102 Å². The van der Waals surface area contributed by atoms with Crippen molar-refractivity contribution in [1.82, 2.24) is 10.6 Å². The van der Waals surface area contributed by atoms with Gasteiger partial charge in [-0.2, -0.15) is 0 Å². The van der Waals surface area contributed by atoms with Gasteiger partial charge in [0.2, 0.25) is 5.91 Å². The van der Waals surface area contributed by atoms with Crippen LogP contribution in [0.5, 0.6) is 0 Å². The molecule has 0 radical (unpaired) electrons. The van der Waals surface area contributed by atoms with Crippen LogP contribution in [-0.4, -0.2) is 41.8 Å². The van der Waals surface area contributed by atoms with E-state index in [0.29, 0.717) is 24.3 Å². The lowest BCUT2D eigenvalue weighted by molar-refractivity contribution is -0.117. The third-order valence-corrected chi connectivity index (χ3v) is 3.25. The van der Waals surface area contributed by atoms with Gasteiger partial charge in [-0.25, -0.2) is 4.79 Å². The van der Waals surface area contributed by atoms with Crippen LogP contribution in [0.1, 0.15) is 20.3 Å². The predicted octanol–water partition coefficient (Wildman–Crippen LogP) is 0.878. The number of carbonyl (C=O) groups is 2. The van der Waals surface area contributed by atoms with E-state index in [4.69, 9.17) is 0 Å². The maximum absolute atomic E-state index is 12.0. The molecule has 0 aromatic heterocycles. The van der Waals surface area contributed by atoms with Crippen LogP contribution in [0.2, 0.25) is 0 Å². The lowest BCUT2D eigenvalue weighted by atomic mass is 10.2. The van der Waals surface area contributed by atoms with Crippen molar-refractivity contribution in [3.63, 3.8) is 0 Å². The fourth-order valence-electron chi connectivity index (χ4n) is 2.21. The van der Waals surface area contributed by atoms with Crippen molar-refractivity contribution in [2.45, 2.75) is 38.5 Å². The number of aliphatic hydroxyl groups is 1. The van der Waals surface area contributed by atoms with Crippen molar-refractivity contribution in [1.29, 1.82) is 0 Å². The molecule has 0 spiro atoms. The molecular formula is C15H22N4O3. The highest BCUT2D eigenvalue weighted by molar-refractivity contribution is 5.95. The van der Waals surface area contributed by atoms with E-state index in [9.17, 15) is 14.7 Å². The summed E-state index contributed by atoms with van der Waals surface area (Å²) in [6, 6.07) is 6.29. The zero-order chi connectivity index (χ0) is 16.1. The van der Waals surface area contributed by atoms with Gasteiger partial charge in [0.25, 0.3) is 0 Å². The number of aliphatic hydroxyl groups excluding tert-OH is 1. The summed E-state index contributed by atoms with van der Waals surface area (Å²) in [5.74, 6) is -0.171. The van der Waals surface area contributed by atoms with E-state index < -0.39 is 6.10 Å². The highest BCUT2D eigenvalue weighted by Gasteiger charge is 2.27. The van der Waals surface area contributed by atoms with Crippen molar-refractivity contribution in [3.8, 4) is 0 Å². The largest absolute Gasteiger partial charge is 0.392 e. The maximum atomic E-state index is 12.0. The first kappa shape index (κ1) is 16.3. The molecule has 1 aromatic rings. The van der Waals surface area contributed by atoms with Gasteiger partial charge < -0.3 is 26.4 Å². The van der Waals surface area contributed by atoms with Gasteiger partial charge in [-0.3, -0.25) is 4.79 Å². The first-order valence-corrected chi connectivity index (χ1v) is 7.34. The Morgan fingerprint density at radius 3 is 2.27 bits per heavy atom. The molecule has 7 nitrogen and oxygen atoms in total. The number of rotatable bonds is 4. The lowest BCUT2D eigenvalue weighted by Gasteiger charge is -2.12. The van der Waals surface area contributed by atoms with Gasteiger partial charge in [0.1, 0.15) is 0 Å². The van der Waals surface area contributed by atoms with Gasteiger partial charge in [0, 0.05) is 24.0 Å². The minimum absolute atomic E-state index is 0.0628. The highest BCUT2D eigenvalue weighted by atomic mass is 16.3. The van der Waals surface area contributed by atoms with Gasteiger partial charge >= 0.3 is 6.03 Å². The molecule has 2 atom stereocenters. The summed E-state index contributed by atoms with van der Waals surface area (Å²) in [6.07, 6.45) is -0.0531. The average molecular weight is 306 g/mol. The van der Waals surface area contributed by atoms with E-state index in [1.165, 1.54) is 0 Å². The minimum Gasteiger partial charge on any atom is -0.392 e. The molecule has 7 heteroatoms. The SMILES string of the molecule is CC(C)NC(=O)Nc1ccc(NC(=O)C2CC(O)CN2)cc1. The Bertz CT molecular complexity index is 530. The van der Waals surface area contributed by atoms with Gasteiger partial charge in [-0.1, -0.05) is 0 Å². The Kier molecular flexibility index (Phi) is 5.35. The average Bonchev–Trinajstić information content (AvgIpc) is 2.87. The maximum Gasteiger partial charge on any atom is 0.319 e. The molecule has 1 aromatic carbocycles. The molecular weight excluding hydrogens is 284 g/mol. The summed E-state index contributed by atoms with van der Waals surface area (Å²) in [5.41, 5.74) is 1.29. The number of benzene rings is 1. The summed E-state index contributed by atoms with van der Waals surface area (Å²) < 4.78 is 0. The number of hydrogen-bond acceptors (Lipinski definition) is 4. The fraction of sp³-hybridized carbons (Fsp3) is 0.467. The zero-order valence-corrected chi connectivity index (χ0v) is 12.7. The van der Waals surface area contributed by atoms with Crippen molar-refractivity contribution in [2.75, 3.05) is 17.2 Å². The number of amides is 3. The predicted molar refractivity (Wildman–Crippen MR) is 84.8 cm³/mol. The van der Waals surface area contributed by atoms with Crippen LogP contribution in [0.3, 0.4) is 0 Å². The van der Waals surface area contributed by atoms with E-state index in [0.717, 1.165) is 0 Å². The number of urea groups is 1. The molecule has 0 bridgehead atoms. The molecule has 0 saturated carbocycles. The van der Waals surface area contributed by atoms with Crippen LogP contribution in [0, 0.1) is 0 Å².